The molecule has 0 radical (unpaired) electrons. The molecule has 1 aromatic carbocycles. The summed E-state index contributed by atoms with van der Waals surface area (Å²) in [6, 6.07) is 12.3. The maximum absolute atomic E-state index is 12.7. The Hall–Kier alpha value is -2.20. The SMILES string of the molecule is CCN(CC1CCN(CCc2ccccc2C)CC1)C(=O)c1ccncc1. The largest absolute Gasteiger partial charge is 0.339 e. The van der Waals surface area contributed by atoms with Crippen molar-refractivity contribution in [2.75, 3.05) is 32.7 Å². The molecular formula is C23H31N3O. The molecule has 2 aromatic rings. The number of carbonyl (C=O) groups excluding carboxylic acids is 1. The van der Waals surface area contributed by atoms with Crippen LogP contribution in [-0.4, -0.2) is 53.4 Å². The number of benzene rings is 1. The third-order valence-electron chi connectivity index (χ3n) is 5.74. The minimum Gasteiger partial charge on any atom is -0.339 e. The van der Waals surface area contributed by atoms with E-state index in [1.54, 1.807) is 24.5 Å². The van der Waals surface area contributed by atoms with Crippen LogP contribution in [0.2, 0.25) is 0 Å². The third-order valence-corrected chi connectivity index (χ3v) is 5.74. The van der Waals surface area contributed by atoms with Crippen LogP contribution in [0, 0.1) is 12.8 Å². The summed E-state index contributed by atoms with van der Waals surface area (Å²) in [6.45, 7) is 9.29. The first kappa shape index (κ1) is 19.6. The minimum absolute atomic E-state index is 0.127. The molecule has 0 N–H and O–H groups in total. The number of hydrogen-bond acceptors (Lipinski definition) is 3. The van der Waals surface area contributed by atoms with E-state index in [2.05, 4.69) is 48.0 Å². The van der Waals surface area contributed by atoms with Crippen molar-refractivity contribution >= 4 is 5.91 Å². The van der Waals surface area contributed by atoms with Crippen molar-refractivity contribution < 1.29 is 4.79 Å². The summed E-state index contributed by atoms with van der Waals surface area (Å²) < 4.78 is 0. The molecule has 2 heterocycles. The zero-order chi connectivity index (χ0) is 19.1. The summed E-state index contributed by atoms with van der Waals surface area (Å²) >= 11 is 0. The van der Waals surface area contributed by atoms with Gasteiger partial charge in [-0.3, -0.25) is 9.78 Å². The van der Waals surface area contributed by atoms with E-state index in [0.29, 0.717) is 5.92 Å². The van der Waals surface area contributed by atoms with Gasteiger partial charge in [-0.15, -0.1) is 0 Å². The van der Waals surface area contributed by atoms with Crippen LogP contribution in [0.3, 0.4) is 0 Å². The number of carbonyl (C=O) groups is 1. The molecule has 0 bridgehead atoms. The van der Waals surface area contributed by atoms with Crippen LogP contribution in [0.25, 0.3) is 0 Å². The summed E-state index contributed by atoms with van der Waals surface area (Å²) in [4.78, 5) is 21.3. The normalized spacial score (nSPS) is 15.6. The number of aromatic nitrogens is 1. The number of amides is 1. The molecule has 3 rings (SSSR count). The van der Waals surface area contributed by atoms with Gasteiger partial charge in [-0.05, 0) is 75.4 Å². The fraction of sp³-hybridized carbons (Fsp3) is 0.478. The summed E-state index contributed by atoms with van der Waals surface area (Å²) in [7, 11) is 0. The molecule has 4 heteroatoms. The first-order valence-electron chi connectivity index (χ1n) is 10.1. The van der Waals surface area contributed by atoms with Crippen LogP contribution in [-0.2, 0) is 6.42 Å². The molecule has 1 saturated heterocycles. The van der Waals surface area contributed by atoms with Gasteiger partial charge in [0.1, 0.15) is 0 Å². The summed E-state index contributed by atoms with van der Waals surface area (Å²) in [6.07, 6.45) is 6.85. The van der Waals surface area contributed by atoms with Gasteiger partial charge in [-0.25, -0.2) is 0 Å². The number of rotatable bonds is 7. The Labute approximate surface area is 163 Å². The smallest absolute Gasteiger partial charge is 0.253 e. The van der Waals surface area contributed by atoms with E-state index in [9.17, 15) is 4.79 Å². The number of hydrogen-bond donors (Lipinski definition) is 0. The van der Waals surface area contributed by atoms with Gasteiger partial charge in [0.05, 0.1) is 0 Å². The lowest BCUT2D eigenvalue weighted by atomic mass is 9.95. The molecule has 0 atom stereocenters. The standard InChI is InChI=1S/C23H31N3O/c1-3-26(23(27)22-8-13-24-14-9-22)18-20-10-15-25(16-11-20)17-12-21-7-5-4-6-19(21)2/h4-9,13-14,20H,3,10-12,15-18H2,1-2H3. The monoisotopic (exact) mass is 365 g/mol. The number of pyridine rings is 1. The average molecular weight is 366 g/mol. The second-order valence-corrected chi connectivity index (χ2v) is 7.54. The van der Waals surface area contributed by atoms with Crippen LogP contribution >= 0.6 is 0 Å². The van der Waals surface area contributed by atoms with Gasteiger partial charge < -0.3 is 9.80 Å². The van der Waals surface area contributed by atoms with Crippen molar-refractivity contribution in [1.82, 2.24) is 14.8 Å². The predicted octanol–water partition coefficient (Wildman–Crippen LogP) is 3.81. The van der Waals surface area contributed by atoms with Crippen LogP contribution in [0.1, 0.15) is 41.3 Å². The lowest BCUT2D eigenvalue weighted by Gasteiger charge is -2.34. The maximum atomic E-state index is 12.7. The van der Waals surface area contributed by atoms with Crippen molar-refractivity contribution in [3.05, 3.63) is 65.5 Å². The molecular weight excluding hydrogens is 334 g/mol. The molecule has 144 valence electrons. The highest BCUT2D eigenvalue weighted by atomic mass is 16.2. The molecule has 0 aliphatic carbocycles. The van der Waals surface area contributed by atoms with E-state index in [4.69, 9.17) is 0 Å². The fourth-order valence-corrected chi connectivity index (χ4v) is 3.91. The van der Waals surface area contributed by atoms with Gasteiger partial charge in [0.25, 0.3) is 5.91 Å². The van der Waals surface area contributed by atoms with Crippen molar-refractivity contribution in [1.29, 1.82) is 0 Å². The van der Waals surface area contributed by atoms with Gasteiger partial charge in [0.2, 0.25) is 0 Å². The van der Waals surface area contributed by atoms with E-state index in [1.807, 2.05) is 4.90 Å². The number of nitrogens with zero attached hydrogens (tertiary/aromatic N) is 3. The van der Waals surface area contributed by atoms with Crippen LogP contribution in [0.15, 0.2) is 48.8 Å². The Kier molecular flexibility index (Phi) is 6.99. The Balaban J connectivity index is 1.46. The van der Waals surface area contributed by atoms with E-state index >= 15 is 0 Å². The van der Waals surface area contributed by atoms with Gasteiger partial charge in [0.15, 0.2) is 0 Å². The van der Waals surface area contributed by atoms with Crippen molar-refractivity contribution in [3.8, 4) is 0 Å². The lowest BCUT2D eigenvalue weighted by molar-refractivity contribution is 0.0701. The molecule has 0 unspecified atom stereocenters. The lowest BCUT2D eigenvalue weighted by Crippen LogP contribution is -2.41. The summed E-state index contributed by atoms with van der Waals surface area (Å²) in [5.41, 5.74) is 3.59. The number of likely N-dealkylation sites (tertiary alicyclic amines) is 1. The molecule has 1 fully saturated rings. The summed E-state index contributed by atoms with van der Waals surface area (Å²) in [5, 5.41) is 0. The van der Waals surface area contributed by atoms with Crippen LogP contribution in [0.4, 0.5) is 0 Å². The van der Waals surface area contributed by atoms with E-state index < -0.39 is 0 Å². The van der Waals surface area contributed by atoms with Crippen molar-refractivity contribution in [2.24, 2.45) is 5.92 Å². The van der Waals surface area contributed by atoms with Crippen molar-refractivity contribution in [3.63, 3.8) is 0 Å². The van der Waals surface area contributed by atoms with E-state index in [-0.39, 0.29) is 5.91 Å². The highest BCUT2D eigenvalue weighted by Gasteiger charge is 2.23. The third kappa shape index (κ3) is 5.39. The Morgan fingerprint density at radius 1 is 1.15 bits per heavy atom. The molecule has 0 saturated carbocycles. The average Bonchev–Trinajstić information content (AvgIpc) is 2.72. The van der Waals surface area contributed by atoms with Gasteiger partial charge in [-0.2, -0.15) is 0 Å². The first-order chi connectivity index (χ1) is 13.2. The van der Waals surface area contributed by atoms with Crippen LogP contribution < -0.4 is 0 Å². The van der Waals surface area contributed by atoms with Crippen molar-refractivity contribution in [2.45, 2.75) is 33.1 Å². The minimum atomic E-state index is 0.127. The topological polar surface area (TPSA) is 36.4 Å². The Morgan fingerprint density at radius 3 is 2.52 bits per heavy atom. The Morgan fingerprint density at radius 2 is 1.85 bits per heavy atom. The van der Waals surface area contributed by atoms with Gasteiger partial charge in [0, 0.05) is 37.6 Å². The maximum Gasteiger partial charge on any atom is 0.253 e. The molecule has 27 heavy (non-hydrogen) atoms. The molecule has 1 aromatic heterocycles. The molecule has 4 nitrogen and oxygen atoms in total. The van der Waals surface area contributed by atoms with Gasteiger partial charge in [-0.1, -0.05) is 24.3 Å². The second-order valence-electron chi connectivity index (χ2n) is 7.54. The fourth-order valence-electron chi connectivity index (χ4n) is 3.91. The highest BCUT2D eigenvalue weighted by molar-refractivity contribution is 5.94. The number of piperidine rings is 1. The zero-order valence-corrected chi connectivity index (χ0v) is 16.6. The molecule has 1 amide bonds. The summed E-state index contributed by atoms with van der Waals surface area (Å²) in [5.74, 6) is 0.729. The predicted molar refractivity (Wildman–Crippen MR) is 110 cm³/mol. The Bertz CT molecular complexity index is 723. The molecule has 1 aliphatic rings. The first-order valence-corrected chi connectivity index (χ1v) is 10.1. The molecule has 1 aliphatic heterocycles. The molecule has 0 spiro atoms. The number of aryl methyl sites for hydroxylation is 1. The van der Waals surface area contributed by atoms with E-state index in [1.165, 1.54) is 24.0 Å². The second kappa shape index (κ2) is 9.65. The zero-order valence-electron chi connectivity index (χ0n) is 16.6. The van der Waals surface area contributed by atoms with Gasteiger partial charge >= 0.3 is 0 Å². The highest BCUT2D eigenvalue weighted by Crippen LogP contribution is 2.20. The van der Waals surface area contributed by atoms with E-state index in [0.717, 1.165) is 44.7 Å². The van der Waals surface area contributed by atoms with Crippen LogP contribution in [0.5, 0.6) is 0 Å². The quantitative estimate of drug-likeness (QED) is 0.749.